The van der Waals surface area contributed by atoms with E-state index >= 15 is 0 Å². The molecule has 0 amide bonds. The molecule has 5 heteroatoms. The Morgan fingerprint density at radius 1 is 0.962 bits per heavy atom. The fraction of sp³-hybridized carbons (Fsp3) is 0. The van der Waals surface area contributed by atoms with Crippen LogP contribution in [0.5, 0.6) is 0 Å². The van der Waals surface area contributed by atoms with Crippen molar-refractivity contribution in [3.05, 3.63) is 89.4 Å². The smallest absolute Gasteiger partial charge is 0.193 e. The molecule has 5 nitrogen and oxygen atoms in total. The minimum absolute atomic E-state index is 0.0700. The zero-order valence-corrected chi connectivity index (χ0v) is 13.9. The van der Waals surface area contributed by atoms with E-state index in [2.05, 4.69) is 15.2 Å². The van der Waals surface area contributed by atoms with E-state index in [1.165, 1.54) is 0 Å². The molecule has 4 aromatic rings. The molecule has 0 aliphatic carbocycles. The van der Waals surface area contributed by atoms with Crippen LogP contribution in [-0.4, -0.2) is 21.0 Å². The molecule has 26 heavy (non-hydrogen) atoms. The average molecular weight is 340 g/mol. The molecule has 126 valence electrons. The second-order valence-electron chi connectivity index (χ2n) is 5.91. The van der Waals surface area contributed by atoms with Gasteiger partial charge in [-0.2, -0.15) is 5.10 Å². The lowest BCUT2D eigenvalue weighted by Gasteiger charge is -2.02. The maximum Gasteiger partial charge on any atom is 0.193 e. The van der Waals surface area contributed by atoms with E-state index < -0.39 is 0 Å². The minimum Gasteiger partial charge on any atom is -0.399 e. The molecule has 3 N–H and O–H groups in total. The van der Waals surface area contributed by atoms with E-state index in [4.69, 9.17) is 5.73 Å². The molecule has 0 spiro atoms. The summed E-state index contributed by atoms with van der Waals surface area (Å²) in [4.78, 5) is 16.9. The predicted molar refractivity (Wildman–Crippen MR) is 104 cm³/mol. The number of aromatic nitrogens is 3. The lowest BCUT2D eigenvalue weighted by molar-refractivity contribution is 0.103. The largest absolute Gasteiger partial charge is 0.399 e. The zero-order chi connectivity index (χ0) is 17.9. The first-order chi connectivity index (χ1) is 12.7. The Labute approximate surface area is 150 Å². The van der Waals surface area contributed by atoms with Crippen LogP contribution >= 0.6 is 0 Å². The average Bonchev–Trinajstić information content (AvgIpc) is 3.09. The summed E-state index contributed by atoms with van der Waals surface area (Å²) in [5, 5.41) is 8.26. The monoisotopic (exact) mass is 340 g/mol. The van der Waals surface area contributed by atoms with Crippen LogP contribution < -0.4 is 5.73 Å². The molecular formula is C21H16N4O. The Balaban J connectivity index is 1.65. The number of ketones is 1. The summed E-state index contributed by atoms with van der Waals surface area (Å²) in [6.07, 6.45) is 5.55. The van der Waals surface area contributed by atoms with Crippen molar-refractivity contribution in [3.8, 4) is 0 Å². The van der Waals surface area contributed by atoms with Gasteiger partial charge in [0.2, 0.25) is 0 Å². The molecule has 4 rings (SSSR count). The van der Waals surface area contributed by atoms with Gasteiger partial charge in [0.05, 0.1) is 16.9 Å². The van der Waals surface area contributed by atoms with Gasteiger partial charge in [-0.05, 0) is 48.6 Å². The molecule has 0 radical (unpaired) electrons. The Morgan fingerprint density at radius 2 is 1.85 bits per heavy atom. The maximum atomic E-state index is 12.6. The lowest BCUT2D eigenvalue weighted by atomic mass is 10.0. The van der Waals surface area contributed by atoms with Gasteiger partial charge in [0, 0.05) is 28.4 Å². The molecule has 0 fully saturated rings. The van der Waals surface area contributed by atoms with Gasteiger partial charge in [-0.15, -0.1) is 0 Å². The molecule has 0 bridgehead atoms. The van der Waals surface area contributed by atoms with Gasteiger partial charge in [0.25, 0.3) is 0 Å². The van der Waals surface area contributed by atoms with Crippen molar-refractivity contribution in [2.24, 2.45) is 0 Å². The van der Waals surface area contributed by atoms with E-state index in [0.29, 0.717) is 16.8 Å². The summed E-state index contributed by atoms with van der Waals surface area (Å²) in [7, 11) is 0. The van der Waals surface area contributed by atoms with Crippen molar-refractivity contribution in [1.29, 1.82) is 0 Å². The fourth-order valence-corrected chi connectivity index (χ4v) is 2.79. The number of carbonyl (C=O) groups is 1. The van der Waals surface area contributed by atoms with Crippen molar-refractivity contribution in [2.75, 3.05) is 5.73 Å². The number of fused-ring (bicyclic) bond motifs is 1. The number of pyridine rings is 1. The SMILES string of the molecule is Nc1cccc(C(=O)c2ccc3c(/C=C/c4ccccn4)n[nH]c3c2)c1. The highest BCUT2D eigenvalue weighted by Gasteiger charge is 2.12. The number of benzene rings is 2. The number of carbonyl (C=O) groups excluding carboxylic acids is 1. The minimum atomic E-state index is -0.0700. The summed E-state index contributed by atoms with van der Waals surface area (Å²) < 4.78 is 0. The molecule has 0 saturated carbocycles. The van der Waals surface area contributed by atoms with E-state index in [0.717, 1.165) is 22.3 Å². The van der Waals surface area contributed by atoms with Crippen LogP contribution in [0.15, 0.2) is 66.9 Å². The molecule has 0 saturated heterocycles. The predicted octanol–water partition coefficient (Wildman–Crippen LogP) is 3.94. The van der Waals surface area contributed by atoms with Crippen molar-refractivity contribution < 1.29 is 4.79 Å². The number of hydrogen-bond donors (Lipinski definition) is 2. The molecular weight excluding hydrogens is 324 g/mol. The summed E-state index contributed by atoms with van der Waals surface area (Å²) in [5.41, 5.74) is 9.96. The first-order valence-corrected chi connectivity index (χ1v) is 8.18. The molecule has 0 unspecified atom stereocenters. The van der Waals surface area contributed by atoms with E-state index in [9.17, 15) is 4.79 Å². The summed E-state index contributed by atoms with van der Waals surface area (Å²) >= 11 is 0. The number of H-pyrrole nitrogens is 1. The summed E-state index contributed by atoms with van der Waals surface area (Å²) in [5.74, 6) is -0.0700. The molecule has 0 aliphatic heterocycles. The van der Waals surface area contributed by atoms with Gasteiger partial charge in [-0.3, -0.25) is 14.9 Å². The number of nitrogens with one attached hydrogen (secondary N) is 1. The van der Waals surface area contributed by atoms with Crippen molar-refractivity contribution >= 4 is 34.5 Å². The Bertz CT molecular complexity index is 1110. The number of aromatic amines is 1. The topological polar surface area (TPSA) is 84.7 Å². The molecule has 0 aliphatic rings. The molecule has 0 atom stereocenters. The summed E-state index contributed by atoms with van der Waals surface area (Å²) in [6.45, 7) is 0. The first kappa shape index (κ1) is 15.8. The van der Waals surface area contributed by atoms with Gasteiger partial charge in [0.15, 0.2) is 5.78 Å². The fourth-order valence-electron chi connectivity index (χ4n) is 2.79. The lowest BCUT2D eigenvalue weighted by Crippen LogP contribution is -2.01. The number of nitrogen functional groups attached to an aromatic ring is 1. The number of nitrogens with zero attached hydrogens (tertiary/aromatic N) is 2. The number of nitrogens with two attached hydrogens (primary N) is 1. The van der Waals surface area contributed by atoms with Crippen LogP contribution in [0.4, 0.5) is 5.69 Å². The Hall–Kier alpha value is -3.73. The highest BCUT2D eigenvalue weighted by molar-refractivity contribution is 6.11. The van der Waals surface area contributed by atoms with Crippen LogP contribution in [-0.2, 0) is 0 Å². The number of rotatable bonds is 4. The quantitative estimate of drug-likeness (QED) is 0.435. The third kappa shape index (κ3) is 3.10. The van der Waals surface area contributed by atoms with Crippen molar-refractivity contribution in [2.45, 2.75) is 0 Å². The van der Waals surface area contributed by atoms with E-state index in [1.54, 1.807) is 30.5 Å². The number of anilines is 1. The maximum absolute atomic E-state index is 12.6. The molecule has 2 aromatic heterocycles. The Kier molecular flexibility index (Phi) is 4.03. The number of hydrogen-bond acceptors (Lipinski definition) is 4. The summed E-state index contributed by atoms with van der Waals surface area (Å²) in [6, 6.07) is 18.2. The van der Waals surface area contributed by atoms with Crippen LogP contribution in [0.2, 0.25) is 0 Å². The van der Waals surface area contributed by atoms with Gasteiger partial charge in [-0.25, -0.2) is 0 Å². The highest BCUT2D eigenvalue weighted by Crippen LogP contribution is 2.21. The van der Waals surface area contributed by atoms with E-state index in [1.807, 2.05) is 48.6 Å². The van der Waals surface area contributed by atoms with E-state index in [-0.39, 0.29) is 5.78 Å². The van der Waals surface area contributed by atoms with Gasteiger partial charge >= 0.3 is 0 Å². The normalized spacial score (nSPS) is 11.2. The third-order valence-corrected chi connectivity index (χ3v) is 4.10. The standard InChI is InChI=1S/C21H16N4O/c22-16-5-3-4-14(12-16)21(26)15-7-9-18-19(24-25-20(18)13-15)10-8-17-6-1-2-11-23-17/h1-13H,22H2,(H,24,25)/b10-8+. The van der Waals surface area contributed by atoms with Crippen LogP contribution in [0, 0.1) is 0 Å². The molecule has 2 heterocycles. The van der Waals surface area contributed by atoms with Crippen LogP contribution in [0.25, 0.3) is 23.1 Å². The van der Waals surface area contributed by atoms with Crippen molar-refractivity contribution in [3.63, 3.8) is 0 Å². The van der Waals surface area contributed by atoms with Crippen LogP contribution in [0.3, 0.4) is 0 Å². The van der Waals surface area contributed by atoms with Gasteiger partial charge in [-0.1, -0.05) is 24.3 Å². The second kappa shape index (κ2) is 6.64. The van der Waals surface area contributed by atoms with Gasteiger partial charge < -0.3 is 5.73 Å². The second-order valence-corrected chi connectivity index (χ2v) is 5.91. The van der Waals surface area contributed by atoms with Crippen molar-refractivity contribution in [1.82, 2.24) is 15.2 Å². The third-order valence-electron chi connectivity index (χ3n) is 4.10. The molecule has 2 aromatic carbocycles. The van der Waals surface area contributed by atoms with Crippen LogP contribution in [0.1, 0.15) is 27.3 Å². The van der Waals surface area contributed by atoms with Gasteiger partial charge in [0.1, 0.15) is 0 Å². The zero-order valence-electron chi connectivity index (χ0n) is 13.9. The Morgan fingerprint density at radius 3 is 2.65 bits per heavy atom. The first-order valence-electron chi connectivity index (χ1n) is 8.18. The highest BCUT2D eigenvalue weighted by atomic mass is 16.1.